The minimum atomic E-state index is -0.196. The van der Waals surface area contributed by atoms with Crippen LogP contribution in [0.1, 0.15) is 47.8 Å². The van der Waals surface area contributed by atoms with Crippen molar-refractivity contribution in [1.29, 1.82) is 0 Å². The van der Waals surface area contributed by atoms with Gasteiger partial charge in [-0.1, -0.05) is 64.5 Å². The number of hydrogen-bond donors (Lipinski definition) is 2. The van der Waals surface area contributed by atoms with Crippen LogP contribution in [0.4, 0.5) is 0 Å². The van der Waals surface area contributed by atoms with Gasteiger partial charge in [0.25, 0.3) is 0 Å². The lowest BCUT2D eigenvalue weighted by molar-refractivity contribution is 0.313. The fourth-order valence-electron chi connectivity index (χ4n) is 3.87. The van der Waals surface area contributed by atoms with Crippen molar-refractivity contribution >= 4 is 21.6 Å². The number of para-hydroxylation sites is 1. The van der Waals surface area contributed by atoms with Crippen molar-refractivity contribution in [3.63, 3.8) is 0 Å². The van der Waals surface area contributed by atoms with E-state index < -0.39 is 0 Å². The first-order valence-electron chi connectivity index (χ1n) is 10.2. The summed E-state index contributed by atoms with van der Waals surface area (Å²) in [6, 6.07) is 22.1. The van der Waals surface area contributed by atoms with E-state index in [0.717, 1.165) is 26.9 Å². The van der Waals surface area contributed by atoms with Gasteiger partial charge < -0.3 is 9.84 Å². The second kappa shape index (κ2) is 9.02. The first kappa shape index (κ1) is 20.6. The third-order valence-corrected chi connectivity index (χ3v) is 5.94. The molecule has 0 unspecified atom stereocenters. The van der Waals surface area contributed by atoms with Crippen molar-refractivity contribution in [1.82, 2.24) is 5.32 Å². The Labute approximate surface area is 185 Å². The number of aliphatic imine (C=N–C) groups is 1. The van der Waals surface area contributed by atoms with Gasteiger partial charge in [0.15, 0.2) is 11.5 Å². The highest BCUT2D eigenvalue weighted by molar-refractivity contribution is 9.10. The fraction of sp³-hybridized carbons (Fsp3) is 0.240. The SMILES string of the molecule is CCOc1cccc([C@@H]2CC(c3ccc(Br)cc3)=N[C@@H](c3ccccc3C)N2)c1O. The zero-order valence-electron chi connectivity index (χ0n) is 17.1. The monoisotopic (exact) mass is 464 g/mol. The van der Waals surface area contributed by atoms with Crippen LogP contribution in [0.15, 0.2) is 76.2 Å². The molecule has 0 fully saturated rings. The van der Waals surface area contributed by atoms with Crippen molar-refractivity contribution in [2.24, 2.45) is 4.99 Å². The Morgan fingerprint density at radius 1 is 1.03 bits per heavy atom. The lowest BCUT2D eigenvalue weighted by Crippen LogP contribution is -2.33. The number of aryl methyl sites for hydroxylation is 1. The van der Waals surface area contributed by atoms with E-state index in [9.17, 15) is 5.11 Å². The normalized spacial score (nSPS) is 18.7. The highest BCUT2D eigenvalue weighted by atomic mass is 79.9. The molecule has 154 valence electrons. The van der Waals surface area contributed by atoms with Gasteiger partial charge in [-0.25, -0.2) is 0 Å². The molecule has 1 aliphatic rings. The zero-order valence-corrected chi connectivity index (χ0v) is 18.7. The van der Waals surface area contributed by atoms with Crippen LogP contribution in [0.5, 0.6) is 11.5 Å². The molecule has 0 aliphatic carbocycles. The summed E-state index contributed by atoms with van der Waals surface area (Å²) in [7, 11) is 0. The van der Waals surface area contributed by atoms with Crippen molar-refractivity contribution < 1.29 is 9.84 Å². The van der Waals surface area contributed by atoms with Gasteiger partial charge in [0.05, 0.1) is 6.61 Å². The Morgan fingerprint density at radius 3 is 2.50 bits per heavy atom. The average molecular weight is 465 g/mol. The van der Waals surface area contributed by atoms with E-state index in [2.05, 4.69) is 52.4 Å². The molecule has 3 aromatic carbocycles. The van der Waals surface area contributed by atoms with Crippen LogP contribution in [-0.2, 0) is 0 Å². The number of benzene rings is 3. The van der Waals surface area contributed by atoms with Crippen LogP contribution >= 0.6 is 15.9 Å². The van der Waals surface area contributed by atoms with Crippen molar-refractivity contribution in [3.05, 3.63) is 93.5 Å². The fourth-order valence-corrected chi connectivity index (χ4v) is 4.13. The number of halogens is 1. The molecule has 5 heteroatoms. The number of nitrogens with zero attached hydrogens (tertiary/aromatic N) is 1. The van der Waals surface area contributed by atoms with Crippen molar-refractivity contribution in [2.75, 3.05) is 6.61 Å². The lowest BCUT2D eigenvalue weighted by Gasteiger charge is -2.31. The Bertz CT molecular complexity index is 1060. The Balaban J connectivity index is 1.77. The molecular formula is C25H25BrN2O2. The van der Waals surface area contributed by atoms with Crippen molar-refractivity contribution in [2.45, 2.75) is 32.5 Å². The first-order chi connectivity index (χ1) is 14.6. The van der Waals surface area contributed by atoms with Gasteiger partial charge in [-0.05, 0) is 48.7 Å². The van der Waals surface area contributed by atoms with Crippen LogP contribution < -0.4 is 10.1 Å². The topological polar surface area (TPSA) is 53.8 Å². The van der Waals surface area contributed by atoms with Gasteiger partial charge in [0, 0.05) is 28.2 Å². The van der Waals surface area contributed by atoms with Crippen LogP contribution in [-0.4, -0.2) is 17.4 Å². The van der Waals surface area contributed by atoms with Gasteiger partial charge in [-0.3, -0.25) is 10.3 Å². The molecule has 0 saturated heterocycles. The van der Waals surface area contributed by atoms with E-state index in [0.29, 0.717) is 18.8 Å². The van der Waals surface area contributed by atoms with Gasteiger partial charge >= 0.3 is 0 Å². The maximum atomic E-state index is 10.9. The summed E-state index contributed by atoms with van der Waals surface area (Å²) in [5.41, 5.74) is 5.24. The third-order valence-electron chi connectivity index (χ3n) is 5.41. The van der Waals surface area contributed by atoms with Crippen LogP contribution in [0.2, 0.25) is 0 Å². The Kier molecular flexibility index (Phi) is 6.21. The maximum absolute atomic E-state index is 10.9. The van der Waals surface area contributed by atoms with Gasteiger partial charge in [0.1, 0.15) is 6.17 Å². The maximum Gasteiger partial charge on any atom is 0.162 e. The summed E-state index contributed by atoms with van der Waals surface area (Å²) >= 11 is 3.51. The smallest absolute Gasteiger partial charge is 0.162 e. The Morgan fingerprint density at radius 2 is 1.77 bits per heavy atom. The molecule has 0 aromatic heterocycles. The summed E-state index contributed by atoms with van der Waals surface area (Å²) in [6.07, 6.45) is 0.478. The summed E-state index contributed by atoms with van der Waals surface area (Å²) in [5, 5.41) is 14.5. The second-order valence-corrected chi connectivity index (χ2v) is 8.31. The minimum absolute atomic E-state index is 0.0915. The number of phenolic OH excluding ortho intramolecular Hbond substituents is 1. The van der Waals surface area contributed by atoms with Gasteiger partial charge in [-0.2, -0.15) is 0 Å². The number of nitrogens with one attached hydrogen (secondary N) is 1. The molecular weight excluding hydrogens is 440 g/mol. The molecule has 1 heterocycles. The molecule has 2 atom stereocenters. The molecule has 4 nitrogen and oxygen atoms in total. The number of rotatable bonds is 5. The lowest BCUT2D eigenvalue weighted by atomic mass is 9.92. The van der Waals surface area contributed by atoms with E-state index in [1.165, 1.54) is 5.56 Å². The number of ether oxygens (including phenoxy) is 1. The molecule has 0 saturated carbocycles. The average Bonchev–Trinajstić information content (AvgIpc) is 2.76. The second-order valence-electron chi connectivity index (χ2n) is 7.39. The molecule has 0 bridgehead atoms. The first-order valence-corrected chi connectivity index (χ1v) is 10.9. The van der Waals surface area contributed by atoms with Crippen LogP contribution in [0.3, 0.4) is 0 Å². The van der Waals surface area contributed by atoms with E-state index in [4.69, 9.17) is 9.73 Å². The zero-order chi connectivity index (χ0) is 21.1. The standard InChI is InChI=1S/C25H25BrN2O2/c1-3-30-23-10-6-9-20(24(23)29)22-15-21(17-11-13-18(26)14-12-17)27-25(28-22)19-8-5-4-7-16(19)2/h4-14,22,25,28-29H,3,15H2,1-2H3/t22-,25+/m0/s1. The van der Waals surface area contributed by atoms with Gasteiger partial charge in [0.2, 0.25) is 0 Å². The molecule has 30 heavy (non-hydrogen) atoms. The molecule has 0 radical (unpaired) electrons. The predicted octanol–water partition coefficient (Wildman–Crippen LogP) is 6.08. The Hall–Kier alpha value is -2.63. The molecule has 3 aromatic rings. The van der Waals surface area contributed by atoms with Crippen LogP contribution in [0.25, 0.3) is 0 Å². The van der Waals surface area contributed by atoms with E-state index in [1.54, 1.807) is 6.07 Å². The van der Waals surface area contributed by atoms with E-state index >= 15 is 0 Å². The summed E-state index contributed by atoms with van der Waals surface area (Å²) < 4.78 is 6.65. The van der Waals surface area contributed by atoms with E-state index in [-0.39, 0.29) is 18.0 Å². The molecule has 0 amide bonds. The largest absolute Gasteiger partial charge is 0.504 e. The van der Waals surface area contributed by atoms with E-state index in [1.807, 2.05) is 43.3 Å². The number of phenols is 1. The number of aromatic hydroxyl groups is 1. The minimum Gasteiger partial charge on any atom is -0.504 e. The third kappa shape index (κ3) is 4.27. The molecule has 4 rings (SSSR count). The molecule has 0 spiro atoms. The molecule has 1 aliphatic heterocycles. The van der Waals surface area contributed by atoms with Crippen LogP contribution in [0, 0.1) is 6.92 Å². The molecule has 2 N–H and O–H groups in total. The highest BCUT2D eigenvalue weighted by Crippen LogP contribution is 2.39. The summed E-state index contributed by atoms with van der Waals surface area (Å²) in [6.45, 7) is 4.52. The van der Waals surface area contributed by atoms with Gasteiger partial charge in [-0.15, -0.1) is 0 Å². The summed E-state index contributed by atoms with van der Waals surface area (Å²) in [4.78, 5) is 5.05. The predicted molar refractivity (Wildman–Crippen MR) is 124 cm³/mol. The van der Waals surface area contributed by atoms with Crippen molar-refractivity contribution in [3.8, 4) is 11.5 Å². The summed E-state index contributed by atoms with van der Waals surface area (Å²) in [5.74, 6) is 0.703. The highest BCUT2D eigenvalue weighted by Gasteiger charge is 2.29. The number of hydrogen-bond acceptors (Lipinski definition) is 4. The quantitative estimate of drug-likeness (QED) is 0.480.